The maximum atomic E-state index is 15.5. The molecule has 6 rings (SSSR count). The number of fused-ring (bicyclic) bond motifs is 1. The summed E-state index contributed by atoms with van der Waals surface area (Å²) < 4.78 is 28.2. The second kappa shape index (κ2) is 12.2. The number of pyridine rings is 1. The zero-order valence-corrected chi connectivity index (χ0v) is 25.4. The van der Waals surface area contributed by atoms with E-state index in [1.54, 1.807) is 33.9 Å². The Hall–Kier alpha value is -4.93. The Morgan fingerprint density at radius 3 is 2.69 bits per heavy atom. The molecule has 0 bridgehead atoms. The van der Waals surface area contributed by atoms with E-state index in [0.717, 1.165) is 0 Å². The van der Waals surface area contributed by atoms with Gasteiger partial charge in [-0.1, -0.05) is 18.2 Å². The number of nitrogens with zero attached hydrogens (tertiary/aromatic N) is 8. The lowest BCUT2D eigenvalue weighted by Gasteiger charge is -2.43. The molecule has 1 amide bonds. The third-order valence-corrected chi connectivity index (χ3v) is 8.52. The maximum absolute atomic E-state index is 15.5. The van der Waals surface area contributed by atoms with Gasteiger partial charge in [-0.25, -0.2) is 14.6 Å². The number of nitrogens with two attached hydrogens (primary N) is 1. The molecule has 0 radical (unpaired) electrons. The summed E-state index contributed by atoms with van der Waals surface area (Å²) in [6, 6.07) is 14.1. The van der Waals surface area contributed by atoms with Gasteiger partial charge in [-0.2, -0.15) is 19.7 Å². The van der Waals surface area contributed by atoms with E-state index in [0.29, 0.717) is 49.4 Å². The van der Waals surface area contributed by atoms with Gasteiger partial charge in [-0.3, -0.25) is 9.69 Å². The highest BCUT2D eigenvalue weighted by molar-refractivity contribution is 5.99. The van der Waals surface area contributed by atoms with Crippen molar-refractivity contribution in [2.75, 3.05) is 39.1 Å². The van der Waals surface area contributed by atoms with E-state index in [2.05, 4.69) is 25.9 Å². The SMILES string of the molecule is CN(C1COC1)C(C)(C)C=C(C#N)C(=O)N1CCCC(n2nc(-c3ccc(Oc4ccccc4)nc3F)c3c(N)ncnc32)C1. The minimum Gasteiger partial charge on any atom is -0.439 e. The molecule has 2 aliphatic heterocycles. The fraction of sp³-hybridized carbons (Fsp3) is 0.375. The average molecular weight is 612 g/mol. The maximum Gasteiger partial charge on any atom is 0.264 e. The molecule has 1 aromatic carbocycles. The molecule has 2 N–H and O–H groups in total. The summed E-state index contributed by atoms with van der Waals surface area (Å²) in [5, 5.41) is 15.1. The molecule has 45 heavy (non-hydrogen) atoms. The van der Waals surface area contributed by atoms with Crippen LogP contribution in [0.2, 0.25) is 0 Å². The van der Waals surface area contributed by atoms with Gasteiger partial charge < -0.3 is 20.1 Å². The number of benzene rings is 1. The zero-order valence-electron chi connectivity index (χ0n) is 25.4. The topological polar surface area (TPSA) is 148 Å². The summed E-state index contributed by atoms with van der Waals surface area (Å²) in [5.74, 6) is -0.369. The van der Waals surface area contributed by atoms with E-state index in [9.17, 15) is 10.1 Å². The van der Waals surface area contributed by atoms with Crippen molar-refractivity contribution < 1.29 is 18.7 Å². The van der Waals surface area contributed by atoms with Crippen molar-refractivity contribution in [2.24, 2.45) is 0 Å². The summed E-state index contributed by atoms with van der Waals surface area (Å²) in [6.07, 6.45) is 4.43. The van der Waals surface area contributed by atoms with Gasteiger partial charge >= 0.3 is 0 Å². The number of hydrogen-bond acceptors (Lipinski definition) is 10. The van der Waals surface area contributed by atoms with Crippen LogP contribution in [0.1, 0.15) is 32.7 Å². The molecule has 1 atom stereocenters. The number of carbonyl (C=O) groups is 1. The first-order chi connectivity index (χ1) is 21.7. The number of hydrogen-bond donors (Lipinski definition) is 1. The predicted octanol–water partition coefficient (Wildman–Crippen LogP) is 4.12. The molecule has 232 valence electrons. The van der Waals surface area contributed by atoms with Crippen LogP contribution < -0.4 is 10.5 Å². The van der Waals surface area contributed by atoms with E-state index in [1.165, 1.54) is 12.4 Å². The van der Waals surface area contributed by atoms with Crippen LogP contribution in [0.4, 0.5) is 10.2 Å². The smallest absolute Gasteiger partial charge is 0.264 e. The molecule has 5 heterocycles. The molecule has 12 nitrogen and oxygen atoms in total. The third kappa shape index (κ3) is 5.94. The van der Waals surface area contributed by atoms with Crippen molar-refractivity contribution in [1.82, 2.24) is 34.5 Å². The van der Waals surface area contributed by atoms with E-state index in [-0.39, 0.29) is 53.1 Å². The molecule has 0 saturated carbocycles. The molecule has 2 aliphatic rings. The molecular weight excluding hydrogens is 577 g/mol. The van der Waals surface area contributed by atoms with Crippen LogP contribution >= 0.6 is 0 Å². The Morgan fingerprint density at radius 1 is 1.22 bits per heavy atom. The molecule has 2 fully saturated rings. The third-order valence-electron chi connectivity index (χ3n) is 8.52. The summed E-state index contributed by atoms with van der Waals surface area (Å²) in [6.45, 7) is 5.98. The summed E-state index contributed by atoms with van der Waals surface area (Å²) in [5.41, 5.74) is 6.60. The number of halogens is 1. The van der Waals surface area contributed by atoms with Crippen molar-refractivity contribution in [3.05, 3.63) is 66.4 Å². The minimum atomic E-state index is -0.788. The van der Waals surface area contributed by atoms with Gasteiger partial charge in [-0.15, -0.1) is 0 Å². The lowest BCUT2D eigenvalue weighted by molar-refractivity contribution is -0.128. The van der Waals surface area contributed by atoms with Crippen molar-refractivity contribution in [3.8, 4) is 29.0 Å². The van der Waals surface area contributed by atoms with Crippen LogP contribution in [0.5, 0.6) is 11.6 Å². The quantitative estimate of drug-likeness (QED) is 0.175. The van der Waals surface area contributed by atoms with E-state index < -0.39 is 11.5 Å². The highest BCUT2D eigenvalue weighted by atomic mass is 19.1. The van der Waals surface area contributed by atoms with Crippen molar-refractivity contribution in [3.63, 3.8) is 0 Å². The number of aromatic nitrogens is 5. The molecule has 3 aromatic heterocycles. The predicted molar refractivity (Wildman–Crippen MR) is 164 cm³/mol. The number of nitriles is 1. The molecule has 1 unspecified atom stereocenters. The highest BCUT2D eigenvalue weighted by Crippen LogP contribution is 2.36. The number of anilines is 1. The first kappa shape index (κ1) is 30.1. The lowest BCUT2D eigenvalue weighted by Crippen LogP contribution is -2.55. The van der Waals surface area contributed by atoms with Gasteiger partial charge in [0.25, 0.3) is 5.91 Å². The van der Waals surface area contributed by atoms with Gasteiger partial charge in [0.05, 0.1) is 36.2 Å². The molecule has 13 heteroatoms. The second-order valence-electron chi connectivity index (χ2n) is 11.8. The number of ether oxygens (including phenoxy) is 2. The van der Waals surface area contributed by atoms with Crippen LogP contribution in [-0.4, -0.2) is 85.4 Å². The van der Waals surface area contributed by atoms with Crippen LogP contribution in [0.3, 0.4) is 0 Å². The van der Waals surface area contributed by atoms with E-state index >= 15 is 4.39 Å². The van der Waals surface area contributed by atoms with Gasteiger partial charge in [-0.05, 0) is 58.0 Å². The fourth-order valence-corrected chi connectivity index (χ4v) is 5.72. The number of carbonyl (C=O) groups excluding carboxylic acids is 1. The lowest BCUT2D eigenvalue weighted by atomic mass is 9.96. The monoisotopic (exact) mass is 611 g/mol. The highest BCUT2D eigenvalue weighted by Gasteiger charge is 2.35. The Labute approximate surface area is 259 Å². The Bertz CT molecular complexity index is 1800. The van der Waals surface area contributed by atoms with Crippen LogP contribution in [0.15, 0.2) is 60.4 Å². The van der Waals surface area contributed by atoms with Gasteiger partial charge in [0.15, 0.2) is 5.65 Å². The molecule has 4 aromatic rings. The van der Waals surface area contributed by atoms with Crippen LogP contribution in [0.25, 0.3) is 22.3 Å². The molecule has 0 aliphatic carbocycles. The number of para-hydroxylation sites is 1. The molecule has 2 saturated heterocycles. The van der Waals surface area contributed by atoms with Crippen molar-refractivity contribution in [2.45, 2.75) is 44.3 Å². The van der Waals surface area contributed by atoms with Crippen molar-refractivity contribution in [1.29, 1.82) is 5.26 Å². The van der Waals surface area contributed by atoms with Gasteiger partial charge in [0.2, 0.25) is 11.8 Å². The Kier molecular flexibility index (Phi) is 8.18. The first-order valence-corrected chi connectivity index (χ1v) is 14.8. The zero-order chi connectivity index (χ0) is 31.7. The summed E-state index contributed by atoms with van der Waals surface area (Å²) >= 11 is 0. The van der Waals surface area contributed by atoms with Gasteiger partial charge in [0, 0.05) is 24.7 Å². The second-order valence-corrected chi connectivity index (χ2v) is 11.8. The van der Waals surface area contributed by atoms with Crippen LogP contribution in [0, 0.1) is 17.3 Å². The van der Waals surface area contributed by atoms with Crippen LogP contribution in [-0.2, 0) is 9.53 Å². The van der Waals surface area contributed by atoms with Gasteiger partial charge in [0.1, 0.15) is 35.2 Å². The fourth-order valence-electron chi connectivity index (χ4n) is 5.72. The number of nitrogen functional groups attached to an aromatic ring is 1. The Morgan fingerprint density at radius 2 is 2.00 bits per heavy atom. The van der Waals surface area contributed by atoms with E-state index in [4.69, 9.17) is 20.3 Å². The summed E-state index contributed by atoms with van der Waals surface area (Å²) in [4.78, 5) is 30.0. The number of rotatable bonds is 8. The Balaban J connectivity index is 1.28. The normalized spacial score (nSPS) is 17.7. The van der Waals surface area contributed by atoms with E-state index in [1.807, 2.05) is 39.1 Å². The number of likely N-dealkylation sites (tertiary alicyclic amines) is 1. The first-order valence-electron chi connectivity index (χ1n) is 14.8. The standard InChI is InChI=1S/C32H34FN9O3/c1-32(2,40(3)22-17-44-18-22)14-20(15-34)31(43)41-13-7-8-21(16-41)42-30-26(29(35)36-19-37-30)27(39-42)24-11-12-25(38-28(24)33)45-23-9-5-4-6-10-23/h4-6,9-12,14,19,21-22H,7-8,13,16-18H2,1-3H3,(H2,35,36,37). The molecule has 0 spiro atoms. The minimum absolute atomic E-state index is 0.0799. The number of piperidine rings is 1. The average Bonchev–Trinajstić information content (AvgIpc) is 3.40. The molecular formula is C32H34FN9O3. The number of likely N-dealkylation sites (N-methyl/N-ethyl adjacent to an activating group) is 1. The number of amides is 1. The largest absolute Gasteiger partial charge is 0.439 e. The van der Waals surface area contributed by atoms with Crippen molar-refractivity contribution >= 4 is 22.8 Å². The summed E-state index contributed by atoms with van der Waals surface area (Å²) in [7, 11) is 1.97.